The lowest BCUT2D eigenvalue weighted by atomic mass is 10.0. The Balaban J connectivity index is 0.000000141. The molecule has 4 aromatic heterocycles. The van der Waals surface area contributed by atoms with Gasteiger partial charge >= 0.3 is 17.7 Å². The average molecular weight is 1980 g/mol. The Morgan fingerprint density at radius 2 is 0.639 bits per heavy atom. The number of hydrogen-bond acceptors (Lipinski definition) is 21. The maximum absolute atomic E-state index is 12.1. The van der Waals surface area contributed by atoms with Crippen LogP contribution in [0.4, 0.5) is 17.1 Å². The summed E-state index contributed by atoms with van der Waals surface area (Å²) >= 11 is 6.95. The number of fused-ring (bicyclic) bond motifs is 6. The molecular weight excluding hydrogens is 1900 g/mol. The fourth-order valence-electron chi connectivity index (χ4n) is 15.5. The van der Waals surface area contributed by atoms with Crippen molar-refractivity contribution in [3.63, 3.8) is 0 Å². The predicted molar refractivity (Wildman–Crippen MR) is 517 cm³/mol. The third-order valence-corrected chi connectivity index (χ3v) is 25.2. The fraction of sp³-hybridized carbons (Fsp3) is 0.118. The molecule has 0 radical (unpaired) electrons. The van der Waals surface area contributed by atoms with E-state index in [2.05, 4.69) is 85.1 Å². The zero-order valence-corrected chi connectivity index (χ0v) is 78.3. The van der Waals surface area contributed by atoms with Gasteiger partial charge in [0.2, 0.25) is 52.0 Å². The molecule has 0 saturated heterocycles. The van der Waals surface area contributed by atoms with Crippen LogP contribution in [0.25, 0.3) is 118 Å². The average Bonchev–Trinajstić information content (AvgIpc) is 1.63. The van der Waals surface area contributed by atoms with Gasteiger partial charge in [0.05, 0.1) is 29.2 Å². The van der Waals surface area contributed by atoms with Crippen LogP contribution in [0.15, 0.2) is 373 Å². The fourth-order valence-corrected chi connectivity index (χ4v) is 18.4. The molecule has 0 spiro atoms. The largest absolute Gasteiger partial charge is 0.743 e. The lowest BCUT2D eigenvalue weighted by molar-refractivity contribution is -0.658. The van der Waals surface area contributed by atoms with E-state index in [-0.39, 0.29) is 23.6 Å². The molecule has 0 unspecified atom stereocenters. The first-order valence-corrected chi connectivity index (χ1v) is 50.0. The molecule has 674 valence electrons. The van der Waals surface area contributed by atoms with Gasteiger partial charge in [0, 0.05) is 64.8 Å². The highest BCUT2D eigenvalue weighted by molar-refractivity contribution is 9.10. The number of aromatic nitrogens is 4. The minimum atomic E-state index is -4.71. The van der Waals surface area contributed by atoms with Crippen LogP contribution in [-0.2, 0) is 58.1 Å². The number of nitrogens with zero attached hydrogens (tertiary/aromatic N) is 7. The summed E-state index contributed by atoms with van der Waals surface area (Å²) < 4.78 is 184. The van der Waals surface area contributed by atoms with Gasteiger partial charge < -0.3 is 50.9 Å². The van der Waals surface area contributed by atoms with Crippen molar-refractivity contribution in [1.82, 2.24) is 4.98 Å². The number of benzene rings is 12. The highest BCUT2D eigenvalue weighted by Crippen LogP contribution is 2.46. The van der Waals surface area contributed by atoms with Gasteiger partial charge in [0.25, 0.3) is 26.7 Å². The van der Waals surface area contributed by atoms with Crippen LogP contribution in [0.5, 0.6) is 17.2 Å². The number of pyridine rings is 1. The van der Waals surface area contributed by atoms with E-state index < -0.39 is 64.0 Å². The van der Waals surface area contributed by atoms with Crippen molar-refractivity contribution in [2.24, 2.45) is 0 Å². The monoisotopic (exact) mass is 1980 g/mol. The first-order chi connectivity index (χ1) is 64.0. The molecule has 133 heavy (non-hydrogen) atoms. The molecule has 25 nitrogen and oxygen atoms in total. The molecule has 0 fully saturated rings. The van der Waals surface area contributed by atoms with Crippen LogP contribution in [0.3, 0.4) is 0 Å². The molecule has 0 aliphatic carbocycles. The Bertz CT molecular complexity index is 7650. The number of allylic oxidation sites excluding steroid dienone is 4. The lowest BCUT2D eigenvalue weighted by Gasteiger charge is -2.17. The second-order valence-electron chi connectivity index (χ2n) is 30.8. The number of oxazole rings is 3. The summed E-state index contributed by atoms with van der Waals surface area (Å²) in [5.41, 5.74) is 17.9. The number of ether oxygens (including phenoxy) is 3. The Morgan fingerprint density at radius 3 is 0.955 bits per heavy atom. The molecule has 31 heteroatoms. The molecule has 0 saturated carbocycles. The van der Waals surface area contributed by atoms with Crippen LogP contribution < -0.4 is 42.6 Å². The maximum atomic E-state index is 12.1. The third kappa shape index (κ3) is 22.6. The van der Waals surface area contributed by atoms with E-state index in [1.807, 2.05) is 256 Å². The Kier molecular flexibility index (Phi) is 28.0. The first kappa shape index (κ1) is 92.6. The summed E-state index contributed by atoms with van der Waals surface area (Å²) in [6.45, 7) is 9.19. The summed E-state index contributed by atoms with van der Waals surface area (Å²) in [4.78, 5) is 9.22. The molecule has 12 aromatic carbocycles. The topological polar surface area (TPSA) is 327 Å². The van der Waals surface area contributed by atoms with Crippen molar-refractivity contribution in [3.05, 3.63) is 377 Å². The van der Waals surface area contributed by atoms with Gasteiger partial charge in [0.1, 0.15) is 6.08 Å². The second-order valence-corrected chi connectivity index (χ2v) is 38.2. The summed E-state index contributed by atoms with van der Waals surface area (Å²) in [6.07, 6.45) is 13.0. The molecular formula is C102H85Br2N7O18S4. The number of anilines is 3. The van der Waals surface area contributed by atoms with Crippen LogP contribution >= 0.6 is 31.9 Å². The van der Waals surface area contributed by atoms with Crippen molar-refractivity contribution in [2.45, 2.75) is 58.2 Å². The van der Waals surface area contributed by atoms with E-state index in [4.69, 9.17) is 27.5 Å². The molecule has 0 atom stereocenters. The standard InChI is InChI=1S/C34H28Br2N2O5S.C33H28N2O8S2.C30H24N2O5S.C5H5N/c1-3-22(17-33-37(4-2)29-19-25(9-15-31(29)42-33)23-5-11-27(35)12-6-23)18-34-38(21-44(39,40)41)30-20-26(10-16-32(30)43-34)24-7-13-28(36)14-8-24;1-2-23(17-32-34(21-44(36,37)38)28-19-26(13-15-30(28)42-32)24-9-5-3-6-10-24)18-33-35(22-45(39,40)41)29-20-27(14-16-31(29)43-33)25-11-7-4-8-12-25;1-2-31-25-17-23(21-9-5-3-6-10-21)13-15-27(25)36-29(31)19-30-32(20-38(33,34)35)26-18-24(14-16-28(26)37-30)22-11-7-4-8-12-22;1-2-4-6-5-3-1/h5-20H,3-4,21H2,1-2H3;3-20H,2,21-22H2,1H3,(H-,36,37,38,39,40,41);3-19H,2,20H2,1H3;1-5H. The summed E-state index contributed by atoms with van der Waals surface area (Å²) in [5, 5.41) is 0. The smallest absolute Gasteiger partial charge is 0.380 e. The summed E-state index contributed by atoms with van der Waals surface area (Å²) in [5.74, 6) is 0.509. The number of halogens is 2. The molecule has 0 bridgehead atoms. The van der Waals surface area contributed by atoms with E-state index in [0.717, 1.165) is 98.4 Å². The van der Waals surface area contributed by atoms with Gasteiger partial charge in [-0.3, -0.25) is 14.4 Å². The Labute approximate surface area is 786 Å². The van der Waals surface area contributed by atoms with Gasteiger partial charge in [-0.1, -0.05) is 234 Å². The van der Waals surface area contributed by atoms with E-state index in [0.29, 0.717) is 93.8 Å². The quantitative estimate of drug-likeness (QED) is 0.0459. The molecule has 7 heterocycles. The highest BCUT2D eigenvalue weighted by atomic mass is 79.9. The molecule has 16 aromatic rings. The first-order valence-electron chi connectivity index (χ1n) is 42.1. The number of rotatable bonds is 23. The van der Waals surface area contributed by atoms with Crippen molar-refractivity contribution in [1.29, 1.82) is 0 Å². The Hall–Kier alpha value is -13.7. The van der Waals surface area contributed by atoms with E-state index in [1.165, 1.54) is 18.6 Å². The number of hydrogen-bond donors (Lipinski definition) is 1. The Morgan fingerprint density at radius 1 is 0.353 bits per heavy atom. The maximum Gasteiger partial charge on any atom is 0.380 e. The van der Waals surface area contributed by atoms with Crippen LogP contribution in [-0.4, -0.2) is 75.8 Å². The normalized spacial score (nSPS) is 14.1. The van der Waals surface area contributed by atoms with Gasteiger partial charge in [-0.05, 0) is 196 Å². The van der Waals surface area contributed by atoms with Gasteiger partial charge in [-0.15, -0.1) is 13.7 Å². The van der Waals surface area contributed by atoms with Crippen molar-refractivity contribution >= 4 is 141 Å². The minimum absolute atomic E-state index is 0.103. The third-order valence-electron chi connectivity index (χ3n) is 21.8. The second kappa shape index (κ2) is 40.2. The van der Waals surface area contributed by atoms with Crippen LogP contribution in [0.2, 0.25) is 0 Å². The van der Waals surface area contributed by atoms with Crippen molar-refractivity contribution in [3.8, 4) is 84.0 Å². The SMILES string of the molecule is CCC(=C/c1oc2ccc(-c3ccc(Br)cc3)cc2[n+]1CS(=O)(=O)[O-])/C=C1/Oc2ccc(-c3ccc(Br)cc3)cc2N1CC.CCC(=C/c1oc2ccc(-c3ccccc3)cc2[n+]1CS(=O)(=O)[O-])/C=C1/Oc2ccc(-c3ccccc3)cc2N1CS(=O)(=O)O.CCN1C(=Cc2oc3ccc(-c4ccccc4)cc3[n+]2CS(=O)(=O)[O-])Oc2ccc(-c3ccccc3)cc21.c1ccncc1. The minimum Gasteiger partial charge on any atom is -0.743 e. The van der Waals surface area contributed by atoms with Crippen LogP contribution in [0, 0.1) is 0 Å². The van der Waals surface area contributed by atoms with Crippen molar-refractivity contribution in [2.75, 3.05) is 33.7 Å². The predicted octanol–water partition coefficient (Wildman–Crippen LogP) is 21.4. The van der Waals surface area contributed by atoms with Crippen LogP contribution in [0.1, 0.15) is 58.2 Å². The van der Waals surface area contributed by atoms with Gasteiger partial charge in [0.15, 0.2) is 53.5 Å². The zero-order valence-electron chi connectivity index (χ0n) is 71.9. The van der Waals surface area contributed by atoms with E-state index in [9.17, 15) is 51.9 Å². The highest BCUT2D eigenvalue weighted by Gasteiger charge is 2.35. The molecule has 19 rings (SSSR count). The van der Waals surface area contributed by atoms with Gasteiger partial charge in [-0.2, -0.15) is 8.42 Å². The van der Waals surface area contributed by atoms with Crippen molar-refractivity contribution < 1.29 is 93.0 Å². The van der Waals surface area contributed by atoms with E-state index >= 15 is 0 Å². The lowest BCUT2D eigenvalue weighted by Crippen LogP contribution is -2.39. The summed E-state index contributed by atoms with van der Waals surface area (Å²) in [6, 6.07) is 94.3. The molecule has 1 N–H and O–H groups in total. The van der Waals surface area contributed by atoms with Gasteiger partial charge in [-0.25, -0.2) is 25.3 Å². The molecule has 0 amide bonds. The molecule has 3 aliphatic heterocycles. The molecule has 3 aliphatic rings. The van der Waals surface area contributed by atoms with E-state index in [1.54, 1.807) is 73.1 Å². The zero-order chi connectivity index (χ0) is 93.3. The summed E-state index contributed by atoms with van der Waals surface area (Å²) in [7, 11) is -18.4.